The van der Waals surface area contributed by atoms with Gasteiger partial charge < -0.3 is 15.8 Å². The van der Waals surface area contributed by atoms with E-state index < -0.39 is 0 Å². The number of methoxy groups -OCH3 is 1. The van der Waals surface area contributed by atoms with Crippen molar-refractivity contribution in [1.82, 2.24) is 5.32 Å². The van der Waals surface area contributed by atoms with E-state index in [1.165, 1.54) is 19.2 Å². The van der Waals surface area contributed by atoms with Gasteiger partial charge in [-0.3, -0.25) is 4.79 Å². The van der Waals surface area contributed by atoms with Crippen LogP contribution in [0.15, 0.2) is 24.3 Å². The van der Waals surface area contributed by atoms with Crippen LogP contribution in [0.5, 0.6) is 0 Å². The molecular weight excluding hydrogens is 247 g/mol. The fourth-order valence-electron chi connectivity index (χ4n) is 1.83. The van der Waals surface area contributed by atoms with Gasteiger partial charge in [-0.25, -0.2) is 4.39 Å². The van der Waals surface area contributed by atoms with Gasteiger partial charge in [-0.1, -0.05) is 12.1 Å². The zero-order valence-electron chi connectivity index (χ0n) is 11.4. The molecule has 106 valence electrons. The summed E-state index contributed by atoms with van der Waals surface area (Å²) in [7, 11) is 1.53. The second-order valence-electron chi connectivity index (χ2n) is 4.60. The zero-order chi connectivity index (χ0) is 14.3. The van der Waals surface area contributed by atoms with Crippen LogP contribution in [0, 0.1) is 5.82 Å². The molecule has 1 amide bonds. The van der Waals surface area contributed by atoms with Crippen molar-refractivity contribution in [2.45, 2.75) is 31.9 Å². The molecule has 0 aromatic heterocycles. The smallest absolute Gasteiger partial charge is 0.222 e. The normalized spacial score (nSPS) is 13.9. The molecule has 19 heavy (non-hydrogen) atoms. The fourth-order valence-corrected chi connectivity index (χ4v) is 1.83. The minimum Gasteiger partial charge on any atom is -0.380 e. The Morgan fingerprint density at radius 1 is 1.42 bits per heavy atom. The first-order chi connectivity index (χ1) is 9.05. The Balaban J connectivity index is 2.40. The Hall–Kier alpha value is -1.46. The monoisotopic (exact) mass is 268 g/mol. The van der Waals surface area contributed by atoms with E-state index in [0.717, 1.165) is 5.56 Å². The third-order valence-electron chi connectivity index (χ3n) is 2.87. The van der Waals surface area contributed by atoms with Gasteiger partial charge in [0.05, 0.1) is 12.5 Å². The average molecular weight is 268 g/mol. The predicted molar refractivity (Wildman–Crippen MR) is 72.2 cm³/mol. The SMILES string of the molecule is COC(CN)CC(=O)NC(C)Cc1ccc(F)cc1. The number of benzene rings is 1. The third kappa shape index (κ3) is 5.81. The van der Waals surface area contributed by atoms with Crippen molar-refractivity contribution in [2.75, 3.05) is 13.7 Å². The molecule has 0 aliphatic heterocycles. The largest absolute Gasteiger partial charge is 0.380 e. The minimum atomic E-state index is -0.258. The van der Waals surface area contributed by atoms with Crippen molar-refractivity contribution in [3.8, 4) is 0 Å². The Labute approximate surface area is 113 Å². The first-order valence-corrected chi connectivity index (χ1v) is 6.31. The number of hydrogen-bond acceptors (Lipinski definition) is 3. The molecule has 1 aromatic carbocycles. The molecule has 3 N–H and O–H groups in total. The van der Waals surface area contributed by atoms with Crippen LogP contribution in [-0.2, 0) is 16.0 Å². The second kappa shape index (κ2) is 7.86. The van der Waals surface area contributed by atoms with E-state index in [9.17, 15) is 9.18 Å². The Bertz CT molecular complexity index is 391. The molecule has 1 aromatic rings. The van der Waals surface area contributed by atoms with Gasteiger partial charge in [0, 0.05) is 19.7 Å². The molecule has 0 bridgehead atoms. The number of nitrogens with two attached hydrogens (primary N) is 1. The van der Waals surface area contributed by atoms with E-state index in [-0.39, 0.29) is 30.3 Å². The summed E-state index contributed by atoms with van der Waals surface area (Å²) in [5, 5.41) is 2.87. The average Bonchev–Trinajstić information content (AvgIpc) is 2.38. The Kier molecular flexibility index (Phi) is 6.45. The molecule has 5 heteroatoms. The third-order valence-corrected chi connectivity index (χ3v) is 2.87. The summed E-state index contributed by atoms with van der Waals surface area (Å²) in [6.07, 6.45) is 0.658. The Morgan fingerprint density at radius 3 is 2.58 bits per heavy atom. The van der Waals surface area contributed by atoms with Crippen LogP contribution in [0.3, 0.4) is 0 Å². The number of carbonyl (C=O) groups is 1. The molecule has 0 aliphatic rings. The molecule has 4 nitrogen and oxygen atoms in total. The van der Waals surface area contributed by atoms with E-state index in [1.54, 1.807) is 12.1 Å². The summed E-state index contributed by atoms with van der Waals surface area (Å²) < 4.78 is 17.8. The summed E-state index contributed by atoms with van der Waals surface area (Å²) >= 11 is 0. The Morgan fingerprint density at radius 2 is 2.05 bits per heavy atom. The van der Waals surface area contributed by atoms with Crippen molar-refractivity contribution >= 4 is 5.91 Å². The molecule has 0 spiro atoms. The molecule has 0 saturated carbocycles. The highest BCUT2D eigenvalue weighted by molar-refractivity contribution is 5.76. The van der Waals surface area contributed by atoms with Crippen LogP contribution >= 0.6 is 0 Å². The highest BCUT2D eigenvalue weighted by atomic mass is 19.1. The van der Waals surface area contributed by atoms with Gasteiger partial charge in [0.2, 0.25) is 5.91 Å². The number of rotatable bonds is 7. The maximum absolute atomic E-state index is 12.8. The lowest BCUT2D eigenvalue weighted by atomic mass is 10.1. The molecule has 2 unspecified atom stereocenters. The van der Waals surface area contributed by atoms with Crippen LogP contribution in [0.25, 0.3) is 0 Å². The van der Waals surface area contributed by atoms with Crippen LogP contribution < -0.4 is 11.1 Å². The number of nitrogens with one attached hydrogen (secondary N) is 1. The van der Waals surface area contributed by atoms with Gasteiger partial charge in [-0.05, 0) is 31.0 Å². The second-order valence-corrected chi connectivity index (χ2v) is 4.60. The predicted octanol–water partition coefficient (Wildman–Crippen LogP) is 1.24. The maximum Gasteiger partial charge on any atom is 0.222 e. The van der Waals surface area contributed by atoms with Crippen molar-refractivity contribution in [1.29, 1.82) is 0 Å². The van der Waals surface area contributed by atoms with Crippen molar-refractivity contribution < 1.29 is 13.9 Å². The number of amides is 1. The van der Waals surface area contributed by atoms with Gasteiger partial charge in [0.1, 0.15) is 5.82 Å². The lowest BCUT2D eigenvalue weighted by molar-refractivity contribution is -0.123. The first-order valence-electron chi connectivity index (χ1n) is 6.31. The van der Waals surface area contributed by atoms with Crippen LogP contribution in [0.1, 0.15) is 18.9 Å². The molecule has 0 aliphatic carbocycles. The molecule has 0 radical (unpaired) electrons. The van der Waals surface area contributed by atoms with Gasteiger partial charge in [-0.2, -0.15) is 0 Å². The van der Waals surface area contributed by atoms with Crippen LogP contribution in [-0.4, -0.2) is 31.7 Å². The summed E-state index contributed by atoms with van der Waals surface area (Å²) in [6.45, 7) is 2.22. The summed E-state index contributed by atoms with van der Waals surface area (Å²) in [5.41, 5.74) is 6.44. The van der Waals surface area contributed by atoms with E-state index in [4.69, 9.17) is 10.5 Å². The molecule has 2 atom stereocenters. The van der Waals surface area contributed by atoms with E-state index in [1.807, 2.05) is 6.92 Å². The summed E-state index contributed by atoms with van der Waals surface area (Å²) in [6, 6.07) is 6.25. The van der Waals surface area contributed by atoms with Crippen LogP contribution in [0.4, 0.5) is 4.39 Å². The summed E-state index contributed by atoms with van der Waals surface area (Å²) in [5.74, 6) is -0.349. The van der Waals surface area contributed by atoms with Gasteiger partial charge >= 0.3 is 0 Å². The number of ether oxygens (including phenoxy) is 1. The molecule has 1 rings (SSSR count). The van der Waals surface area contributed by atoms with E-state index in [0.29, 0.717) is 13.0 Å². The standard InChI is InChI=1S/C14H21FN2O2/c1-10(7-11-3-5-12(15)6-4-11)17-14(18)8-13(9-16)19-2/h3-6,10,13H,7-9,16H2,1-2H3,(H,17,18). The first kappa shape index (κ1) is 15.6. The maximum atomic E-state index is 12.8. The van der Waals surface area contributed by atoms with Crippen molar-refractivity contribution in [2.24, 2.45) is 5.73 Å². The van der Waals surface area contributed by atoms with Gasteiger partial charge in [0.15, 0.2) is 0 Å². The fraction of sp³-hybridized carbons (Fsp3) is 0.500. The van der Waals surface area contributed by atoms with E-state index in [2.05, 4.69) is 5.32 Å². The van der Waals surface area contributed by atoms with Crippen LogP contribution in [0.2, 0.25) is 0 Å². The van der Waals surface area contributed by atoms with Gasteiger partial charge in [-0.15, -0.1) is 0 Å². The summed E-state index contributed by atoms with van der Waals surface area (Å²) in [4.78, 5) is 11.7. The number of carbonyl (C=O) groups excluding carboxylic acids is 1. The highest BCUT2D eigenvalue weighted by Gasteiger charge is 2.13. The molecular formula is C14H21FN2O2. The van der Waals surface area contributed by atoms with Gasteiger partial charge in [0.25, 0.3) is 0 Å². The topological polar surface area (TPSA) is 64.3 Å². The van der Waals surface area contributed by atoms with Crippen molar-refractivity contribution in [3.05, 3.63) is 35.6 Å². The van der Waals surface area contributed by atoms with E-state index >= 15 is 0 Å². The molecule has 0 fully saturated rings. The lowest BCUT2D eigenvalue weighted by Crippen LogP contribution is -2.37. The number of halogens is 1. The quantitative estimate of drug-likeness (QED) is 0.782. The minimum absolute atomic E-state index is 0.0201. The lowest BCUT2D eigenvalue weighted by Gasteiger charge is -2.17. The molecule has 0 saturated heterocycles. The molecule has 0 heterocycles. The zero-order valence-corrected chi connectivity index (χ0v) is 11.4. The van der Waals surface area contributed by atoms with Crippen molar-refractivity contribution in [3.63, 3.8) is 0 Å². The highest BCUT2D eigenvalue weighted by Crippen LogP contribution is 2.06. The number of hydrogen-bond donors (Lipinski definition) is 2.